The molecule has 0 fully saturated rings. The summed E-state index contributed by atoms with van der Waals surface area (Å²) >= 11 is 0. The van der Waals surface area contributed by atoms with Gasteiger partial charge in [-0.05, 0) is 13.8 Å². The SMILES string of the molecule is CC1=[C-]C(C)C(C)=C1C.Cc1cc(C)cc([NH-])c1.Cl.Cl.[Hf].c1ccc([SiH]c2ccccc2)cc1. The topological polar surface area (TPSA) is 23.8 Å². The van der Waals surface area contributed by atoms with Crippen LogP contribution in [0.4, 0.5) is 5.69 Å². The van der Waals surface area contributed by atoms with Gasteiger partial charge in [-0.2, -0.15) is 11.1 Å². The first-order valence-corrected chi connectivity index (χ1v) is 11.9. The van der Waals surface area contributed by atoms with Crippen LogP contribution in [0.25, 0.3) is 5.73 Å². The molecule has 0 heterocycles. The van der Waals surface area contributed by atoms with E-state index in [0.717, 1.165) is 0 Å². The van der Waals surface area contributed by atoms with Gasteiger partial charge in [0.25, 0.3) is 0 Å². The molecule has 1 aliphatic rings. The van der Waals surface area contributed by atoms with E-state index in [1.54, 1.807) is 0 Å². The van der Waals surface area contributed by atoms with Crippen LogP contribution in [0, 0.1) is 25.8 Å². The molecule has 0 saturated heterocycles. The first-order chi connectivity index (χ1) is 14.8. The monoisotopic (exact) mass is 676 g/mol. The molecule has 0 spiro atoms. The Morgan fingerprint density at radius 3 is 1.38 bits per heavy atom. The van der Waals surface area contributed by atoms with Gasteiger partial charge in [0.2, 0.25) is 0 Å². The molecule has 0 aliphatic heterocycles. The van der Waals surface area contributed by atoms with Gasteiger partial charge in [-0.15, -0.1) is 37.4 Å². The van der Waals surface area contributed by atoms with Crippen LogP contribution in [0.15, 0.2) is 95.6 Å². The Bertz CT molecular complexity index is 947. The van der Waals surface area contributed by atoms with E-state index >= 15 is 0 Å². The fourth-order valence-corrected chi connectivity index (χ4v) is 4.64. The van der Waals surface area contributed by atoms with E-state index in [9.17, 15) is 0 Å². The van der Waals surface area contributed by atoms with E-state index in [4.69, 9.17) is 5.73 Å². The summed E-state index contributed by atoms with van der Waals surface area (Å²) in [4.78, 5) is 0. The van der Waals surface area contributed by atoms with Crippen molar-refractivity contribution in [3.63, 3.8) is 0 Å². The standard InChI is InChI=1S/C12H11Si.C9H13.C8H10N.2ClH.Hf/c1-3-7-11(8-4-1)13-12-9-5-2-6-10-12;1-6-5-7(2)9(4)8(6)3;1-6-3-7(2)5-8(9)4-6;;;/h1-10,13H;6H,1-4H3;3-5,9H,1-2H3;2*1H;/q;2*-1;;;. The molecule has 1 N–H and O–H groups in total. The molecule has 3 aromatic carbocycles. The molecule has 0 bridgehead atoms. The van der Waals surface area contributed by atoms with Gasteiger partial charge in [0.15, 0.2) is 0 Å². The van der Waals surface area contributed by atoms with Crippen LogP contribution >= 0.6 is 24.8 Å². The normalized spacial score (nSPS) is 13.5. The van der Waals surface area contributed by atoms with Crippen molar-refractivity contribution >= 4 is 50.4 Å². The number of hydrogen-bond donors (Lipinski definition) is 0. The average Bonchev–Trinajstić information content (AvgIpc) is 2.95. The van der Waals surface area contributed by atoms with Gasteiger partial charge in [0, 0.05) is 25.8 Å². The second-order valence-electron chi connectivity index (χ2n) is 8.14. The Hall–Kier alpha value is -1.39. The maximum atomic E-state index is 7.28. The number of nitrogens with one attached hydrogen (secondary N) is 1. The summed E-state index contributed by atoms with van der Waals surface area (Å²) in [5.41, 5.74) is 14.5. The predicted octanol–water partition coefficient (Wildman–Crippen LogP) is 7.62. The summed E-state index contributed by atoms with van der Waals surface area (Å²) in [6.45, 7) is 12.7. The molecule has 0 amide bonds. The fraction of sp³-hybridized carbons (Fsp3) is 0.241. The van der Waals surface area contributed by atoms with Crippen LogP contribution in [0.1, 0.15) is 38.8 Å². The maximum Gasteiger partial charge on any atom is 0.103 e. The van der Waals surface area contributed by atoms with Crippen molar-refractivity contribution in [2.75, 3.05) is 0 Å². The van der Waals surface area contributed by atoms with Crippen LogP contribution in [0.5, 0.6) is 0 Å². The number of aryl methyl sites for hydroxylation is 2. The summed E-state index contributed by atoms with van der Waals surface area (Å²) in [5.74, 6) is 0.560. The number of halogens is 2. The Morgan fingerprint density at radius 2 is 1.12 bits per heavy atom. The second-order valence-corrected chi connectivity index (χ2v) is 9.76. The number of benzene rings is 3. The van der Waals surface area contributed by atoms with E-state index in [1.165, 1.54) is 38.2 Å². The van der Waals surface area contributed by atoms with Crippen molar-refractivity contribution in [2.24, 2.45) is 5.92 Å². The third-order valence-corrected chi connectivity index (χ3v) is 6.83. The third kappa shape index (κ3) is 12.4. The van der Waals surface area contributed by atoms with Crippen LogP contribution in [-0.4, -0.2) is 9.52 Å². The van der Waals surface area contributed by atoms with Crippen molar-refractivity contribution in [3.8, 4) is 0 Å². The molecule has 5 heteroatoms. The van der Waals surface area contributed by atoms with Crippen LogP contribution in [0.2, 0.25) is 0 Å². The number of hydrogen-bond acceptors (Lipinski definition) is 0. The van der Waals surface area contributed by atoms with E-state index in [1.807, 2.05) is 26.0 Å². The Balaban J connectivity index is 0. The Kier molecular flexibility index (Phi) is 18.4. The minimum absolute atomic E-state index is 0. The smallest absolute Gasteiger partial charge is 0.103 e. The van der Waals surface area contributed by atoms with E-state index in [2.05, 4.69) is 101 Å². The predicted molar refractivity (Wildman–Crippen MR) is 154 cm³/mol. The third-order valence-electron chi connectivity index (χ3n) is 5.39. The summed E-state index contributed by atoms with van der Waals surface area (Å²) in [6.07, 6.45) is 3.36. The summed E-state index contributed by atoms with van der Waals surface area (Å²) < 4.78 is 0. The molecule has 1 unspecified atom stereocenters. The first kappa shape index (κ1) is 34.8. The number of allylic oxidation sites excluding steroid dienone is 4. The van der Waals surface area contributed by atoms with Crippen molar-refractivity contribution in [1.29, 1.82) is 0 Å². The quantitative estimate of drug-likeness (QED) is 0.197. The zero-order chi connectivity index (χ0) is 22.8. The molecule has 0 saturated carbocycles. The van der Waals surface area contributed by atoms with Gasteiger partial charge in [0.05, 0.1) is 0 Å². The number of rotatable bonds is 2. The molecule has 1 radical (unpaired) electrons. The van der Waals surface area contributed by atoms with E-state index < -0.39 is 0 Å². The zero-order valence-corrected chi connectivity index (χ0v) is 27.4. The Labute approximate surface area is 240 Å². The Morgan fingerprint density at radius 1 is 0.706 bits per heavy atom. The van der Waals surface area contributed by atoms with Crippen LogP contribution in [-0.2, 0) is 25.8 Å². The van der Waals surface area contributed by atoms with Gasteiger partial charge in [-0.3, -0.25) is 6.08 Å². The molecule has 181 valence electrons. The van der Waals surface area contributed by atoms with Crippen LogP contribution < -0.4 is 10.4 Å². The minimum atomic E-state index is 0. The fourth-order valence-electron chi connectivity index (χ4n) is 3.43. The molecule has 1 atom stereocenters. The molecular formula is C29H36Cl2HfNSi-2. The van der Waals surface area contributed by atoms with Gasteiger partial charge in [0.1, 0.15) is 9.52 Å². The first-order valence-electron chi connectivity index (χ1n) is 10.8. The average molecular weight is 676 g/mol. The zero-order valence-electron chi connectivity index (χ0n) is 21.0. The van der Waals surface area contributed by atoms with Crippen molar-refractivity contribution in [1.82, 2.24) is 0 Å². The molecule has 1 nitrogen and oxygen atoms in total. The van der Waals surface area contributed by atoms with Gasteiger partial charge < -0.3 is 5.73 Å². The van der Waals surface area contributed by atoms with Crippen molar-refractivity contribution in [3.05, 3.63) is 119 Å². The second kappa shape index (κ2) is 18.0. The van der Waals surface area contributed by atoms with Crippen molar-refractivity contribution in [2.45, 2.75) is 41.5 Å². The molecule has 3 aromatic rings. The van der Waals surface area contributed by atoms with Gasteiger partial charge in [-0.1, -0.05) is 127 Å². The van der Waals surface area contributed by atoms with Gasteiger partial charge in [-0.25, -0.2) is 5.57 Å². The van der Waals surface area contributed by atoms with Gasteiger partial charge >= 0.3 is 0 Å². The maximum absolute atomic E-state index is 7.28. The molecule has 34 heavy (non-hydrogen) atoms. The largest absolute Gasteiger partial charge is 0.699 e. The van der Waals surface area contributed by atoms with E-state index in [-0.39, 0.29) is 60.2 Å². The molecule has 0 aromatic heterocycles. The summed E-state index contributed by atoms with van der Waals surface area (Å²) in [7, 11) is 0.271. The minimum Gasteiger partial charge on any atom is -0.699 e. The molecule has 1 aliphatic carbocycles. The summed E-state index contributed by atoms with van der Waals surface area (Å²) in [6, 6.07) is 27.1. The van der Waals surface area contributed by atoms with Crippen LogP contribution in [0.3, 0.4) is 0 Å². The van der Waals surface area contributed by atoms with E-state index in [0.29, 0.717) is 11.6 Å². The molecule has 4 rings (SSSR count). The summed E-state index contributed by atoms with van der Waals surface area (Å²) in [5, 5.41) is 2.90. The van der Waals surface area contributed by atoms with Crippen molar-refractivity contribution < 1.29 is 25.8 Å². The molecular weight excluding hydrogens is 640 g/mol.